The van der Waals surface area contributed by atoms with E-state index in [0.717, 1.165) is 12.1 Å². The molecule has 0 heterocycles. The van der Waals surface area contributed by atoms with Crippen molar-refractivity contribution >= 4 is 11.7 Å². The molecule has 0 fully saturated rings. The summed E-state index contributed by atoms with van der Waals surface area (Å²) in [7, 11) is 0. The second kappa shape index (κ2) is 6.80. The molecule has 1 aromatic rings. The number of carbonyl (C=O) groups is 1. The first-order chi connectivity index (χ1) is 9.70. The number of nitrogens with two attached hydrogens (primary N) is 1. The van der Waals surface area contributed by atoms with Crippen molar-refractivity contribution in [3.63, 3.8) is 0 Å². The van der Waals surface area contributed by atoms with E-state index in [1.54, 1.807) is 0 Å². The van der Waals surface area contributed by atoms with E-state index in [1.165, 1.54) is 12.1 Å². The lowest BCUT2D eigenvalue weighted by molar-refractivity contribution is -0.137. The maximum atomic E-state index is 12.4. The van der Waals surface area contributed by atoms with E-state index in [9.17, 15) is 18.0 Å². The van der Waals surface area contributed by atoms with Crippen molar-refractivity contribution in [3.8, 4) is 0 Å². The topological polar surface area (TPSA) is 67.1 Å². The fourth-order valence-corrected chi connectivity index (χ4v) is 1.67. The number of hydrogen-bond acceptors (Lipinski definition) is 2. The fraction of sp³-hybridized carbons (Fsp3) is 0.500. The Hall–Kier alpha value is -1.76. The Bertz CT molecular complexity index is 467. The van der Waals surface area contributed by atoms with Gasteiger partial charge in [0, 0.05) is 17.8 Å². The Morgan fingerprint density at radius 3 is 2.10 bits per heavy atom. The number of halogens is 3. The number of anilines is 1. The largest absolute Gasteiger partial charge is 0.416 e. The number of urea groups is 1. The summed E-state index contributed by atoms with van der Waals surface area (Å²) in [6.07, 6.45) is -2.96. The van der Waals surface area contributed by atoms with E-state index in [1.807, 2.05) is 13.8 Å². The zero-order valence-corrected chi connectivity index (χ0v) is 12.1. The highest BCUT2D eigenvalue weighted by atomic mass is 19.4. The predicted molar refractivity (Wildman–Crippen MR) is 76.0 cm³/mol. The van der Waals surface area contributed by atoms with Gasteiger partial charge in [-0.15, -0.1) is 0 Å². The molecule has 0 radical (unpaired) electrons. The predicted octanol–water partition coefficient (Wildman–Crippen LogP) is 3.34. The Morgan fingerprint density at radius 1 is 1.14 bits per heavy atom. The number of nitrogens with one attached hydrogen (secondary N) is 2. The van der Waals surface area contributed by atoms with Gasteiger partial charge < -0.3 is 16.4 Å². The second-order valence-corrected chi connectivity index (χ2v) is 4.95. The zero-order valence-electron chi connectivity index (χ0n) is 12.1. The van der Waals surface area contributed by atoms with Gasteiger partial charge in [0.1, 0.15) is 0 Å². The normalized spacial score (nSPS) is 12.1. The summed E-state index contributed by atoms with van der Waals surface area (Å²) in [5.41, 5.74) is 5.09. The van der Waals surface area contributed by atoms with Gasteiger partial charge in [0.15, 0.2) is 0 Å². The van der Waals surface area contributed by atoms with Crippen LogP contribution in [0.5, 0.6) is 0 Å². The van der Waals surface area contributed by atoms with Gasteiger partial charge >= 0.3 is 12.2 Å². The van der Waals surface area contributed by atoms with E-state index in [-0.39, 0.29) is 5.69 Å². The van der Waals surface area contributed by atoms with Crippen LogP contribution in [-0.4, -0.2) is 18.1 Å². The van der Waals surface area contributed by atoms with Crippen LogP contribution < -0.4 is 16.4 Å². The number of carbonyl (C=O) groups excluding carboxylic acids is 1. The molecule has 0 atom stereocenters. The van der Waals surface area contributed by atoms with Crippen LogP contribution in [-0.2, 0) is 6.18 Å². The third-order valence-corrected chi connectivity index (χ3v) is 3.48. The molecule has 1 aromatic carbocycles. The van der Waals surface area contributed by atoms with Crippen molar-refractivity contribution < 1.29 is 18.0 Å². The minimum Gasteiger partial charge on any atom is -0.336 e. The van der Waals surface area contributed by atoms with Crippen LogP contribution in [0.4, 0.5) is 23.7 Å². The van der Waals surface area contributed by atoms with Crippen LogP contribution in [0.15, 0.2) is 24.3 Å². The second-order valence-electron chi connectivity index (χ2n) is 4.95. The first-order valence-electron chi connectivity index (χ1n) is 6.71. The number of hydrogen-bond donors (Lipinski definition) is 3. The molecule has 4 nitrogen and oxygen atoms in total. The smallest absolute Gasteiger partial charge is 0.336 e. The van der Waals surface area contributed by atoms with Crippen LogP contribution >= 0.6 is 0 Å². The molecule has 118 valence electrons. The van der Waals surface area contributed by atoms with Gasteiger partial charge in [0.05, 0.1) is 5.56 Å². The fourth-order valence-electron chi connectivity index (χ4n) is 1.67. The van der Waals surface area contributed by atoms with E-state index in [4.69, 9.17) is 5.73 Å². The van der Waals surface area contributed by atoms with Gasteiger partial charge in [-0.05, 0) is 37.1 Å². The van der Waals surface area contributed by atoms with Gasteiger partial charge in [-0.25, -0.2) is 4.79 Å². The van der Waals surface area contributed by atoms with E-state index in [2.05, 4.69) is 10.6 Å². The van der Waals surface area contributed by atoms with Crippen molar-refractivity contribution in [1.29, 1.82) is 0 Å². The number of rotatable bonds is 5. The van der Waals surface area contributed by atoms with Crippen LogP contribution in [0.3, 0.4) is 0 Å². The molecule has 4 N–H and O–H groups in total. The molecule has 1 rings (SSSR count). The van der Waals surface area contributed by atoms with Gasteiger partial charge in [-0.3, -0.25) is 0 Å². The van der Waals surface area contributed by atoms with Gasteiger partial charge in [0.2, 0.25) is 0 Å². The standard InChI is InChI=1S/C14H20F3N3O/c1-3-13(18,4-2)9-19-12(21)20-11-7-5-10(6-8-11)14(15,16)17/h5-8H,3-4,9,18H2,1-2H3,(H2,19,20,21). The van der Waals surface area contributed by atoms with Crippen LogP contribution in [0.2, 0.25) is 0 Å². The van der Waals surface area contributed by atoms with E-state index < -0.39 is 23.3 Å². The summed E-state index contributed by atoms with van der Waals surface area (Å²) in [6, 6.07) is 3.75. The van der Waals surface area contributed by atoms with Gasteiger partial charge in [-0.1, -0.05) is 13.8 Å². The highest BCUT2D eigenvalue weighted by molar-refractivity contribution is 5.89. The van der Waals surface area contributed by atoms with Crippen LogP contribution in [0.25, 0.3) is 0 Å². The van der Waals surface area contributed by atoms with E-state index >= 15 is 0 Å². The molecule has 0 bridgehead atoms. The molecule has 0 aliphatic rings. The summed E-state index contributed by atoms with van der Waals surface area (Å²) in [5.74, 6) is 0. The van der Waals surface area contributed by atoms with Crippen molar-refractivity contribution in [2.45, 2.75) is 38.4 Å². The van der Waals surface area contributed by atoms with Gasteiger partial charge in [0.25, 0.3) is 0 Å². The summed E-state index contributed by atoms with van der Waals surface area (Å²) in [5, 5.41) is 5.09. The molecule has 0 saturated heterocycles. The molecular weight excluding hydrogens is 283 g/mol. The average molecular weight is 303 g/mol. The van der Waals surface area contributed by atoms with Crippen molar-refractivity contribution in [2.24, 2.45) is 5.73 Å². The minimum atomic E-state index is -4.39. The van der Waals surface area contributed by atoms with Crippen molar-refractivity contribution in [1.82, 2.24) is 5.32 Å². The summed E-state index contributed by atoms with van der Waals surface area (Å²) in [6.45, 7) is 4.16. The molecule has 0 unspecified atom stereocenters. The third-order valence-electron chi connectivity index (χ3n) is 3.48. The maximum Gasteiger partial charge on any atom is 0.416 e. The minimum absolute atomic E-state index is 0.288. The number of alkyl halides is 3. The molecule has 0 aliphatic heterocycles. The molecule has 0 spiro atoms. The number of amides is 2. The lowest BCUT2D eigenvalue weighted by Crippen LogP contribution is -2.50. The lowest BCUT2D eigenvalue weighted by Gasteiger charge is -2.26. The van der Waals surface area contributed by atoms with Crippen LogP contribution in [0, 0.1) is 0 Å². The Morgan fingerprint density at radius 2 is 1.67 bits per heavy atom. The van der Waals surface area contributed by atoms with Crippen molar-refractivity contribution in [2.75, 3.05) is 11.9 Å². The zero-order chi connectivity index (χ0) is 16.1. The first-order valence-corrected chi connectivity index (χ1v) is 6.71. The molecule has 0 aliphatic carbocycles. The van der Waals surface area contributed by atoms with Gasteiger partial charge in [-0.2, -0.15) is 13.2 Å². The molecular formula is C14H20F3N3O. The Labute approximate surface area is 121 Å². The molecule has 21 heavy (non-hydrogen) atoms. The highest BCUT2D eigenvalue weighted by Gasteiger charge is 2.30. The lowest BCUT2D eigenvalue weighted by atomic mass is 9.94. The summed E-state index contributed by atoms with van der Waals surface area (Å²) >= 11 is 0. The molecule has 7 heteroatoms. The Kier molecular flexibility index (Phi) is 5.60. The first kappa shape index (κ1) is 17.3. The summed E-state index contributed by atoms with van der Waals surface area (Å²) < 4.78 is 37.2. The van der Waals surface area contributed by atoms with Crippen molar-refractivity contribution in [3.05, 3.63) is 29.8 Å². The quantitative estimate of drug-likeness (QED) is 0.781. The maximum absolute atomic E-state index is 12.4. The van der Waals surface area contributed by atoms with Crippen LogP contribution in [0.1, 0.15) is 32.3 Å². The molecule has 0 saturated carbocycles. The summed E-state index contributed by atoms with van der Waals surface area (Å²) in [4.78, 5) is 11.7. The molecule has 2 amide bonds. The average Bonchev–Trinajstić information content (AvgIpc) is 2.44. The monoisotopic (exact) mass is 303 g/mol. The van der Waals surface area contributed by atoms with E-state index in [0.29, 0.717) is 19.4 Å². The molecule has 0 aromatic heterocycles. The number of benzene rings is 1. The Balaban J connectivity index is 2.56. The highest BCUT2D eigenvalue weighted by Crippen LogP contribution is 2.29. The SMILES string of the molecule is CCC(N)(CC)CNC(=O)Nc1ccc(C(F)(F)F)cc1. The third kappa shape index (κ3) is 5.26.